The van der Waals surface area contributed by atoms with Crippen molar-refractivity contribution in [2.24, 2.45) is 4.99 Å². The van der Waals surface area contributed by atoms with E-state index in [1.165, 1.54) is 18.2 Å². The van der Waals surface area contributed by atoms with E-state index in [2.05, 4.69) is 26.2 Å². The smallest absolute Gasteiger partial charge is 0.418 e. The molecule has 9 heteroatoms. The van der Waals surface area contributed by atoms with E-state index < -0.39 is 17.6 Å². The second-order valence-corrected chi connectivity index (χ2v) is 8.03. The summed E-state index contributed by atoms with van der Waals surface area (Å²) in [4.78, 5) is 17.0. The molecule has 1 aromatic heterocycles. The maximum Gasteiger partial charge on any atom is 0.418 e. The van der Waals surface area contributed by atoms with Gasteiger partial charge < -0.3 is 14.5 Å². The maximum absolute atomic E-state index is 13.4. The molecule has 1 atom stereocenters. The van der Waals surface area contributed by atoms with Gasteiger partial charge in [0.05, 0.1) is 17.4 Å². The average molecular weight is 495 g/mol. The number of halogens is 4. The van der Waals surface area contributed by atoms with Crippen LogP contribution >= 0.6 is 15.9 Å². The average Bonchev–Trinajstić information content (AvgIpc) is 3.25. The first-order valence-corrected chi connectivity index (χ1v) is 10.4. The molecule has 0 spiro atoms. The Kier molecular flexibility index (Phi) is 6.15. The Labute approximate surface area is 184 Å². The van der Waals surface area contributed by atoms with E-state index in [4.69, 9.17) is 9.15 Å². The van der Waals surface area contributed by atoms with Crippen LogP contribution in [0.1, 0.15) is 28.8 Å². The van der Waals surface area contributed by atoms with Crippen LogP contribution in [0.15, 0.2) is 62.4 Å². The fraction of sp³-hybridized carbons (Fsp3) is 0.273. The van der Waals surface area contributed by atoms with Crippen LogP contribution in [0.3, 0.4) is 0 Å². The summed E-state index contributed by atoms with van der Waals surface area (Å²) in [6.45, 7) is 0.947. The molecular weight excluding hydrogens is 477 g/mol. The van der Waals surface area contributed by atoms with Gasteiger partial charge in [0.15, 0.2) is 0 Å². The molecule has 1 unspecified atom stereocenters. The third kappa shape index (κ3) is 4.99. The molecule has 2 aromatic carbocycles. The Bertz CT molecular complexity index is 1180. The standard InChI is InChI=1S/C22H18BrF3N2O3/c23-14-7-8-19-13(10-14)11-16(20(29)27-12-15-4-3-9-30-15)21(31-19)28-18-6-2-1-5-17(18)22(24,25)26/h1-2,5-8,10-11,15H,3-4,9,12H2,(H,27,29). The van der Waals surface area contributed by atoms with Gasteiger partial charge in [-0.15, -0.1) is 0 Å². The van der Waals surface area contributed by atoms with Gasteiger partial charge >= 0.3 is 6.18 Å². The Morgan fingerprint density at radius 3 is 2.74 bits per heavy atom. The number of amides is 1. The van der Waals surface area contributed by atoms with Gasteiger partial charge in [0.25, 0.3) is 5.91 Å². The number of hydrogen-bond acceptors (Lipinski definition) is 4. The number of benzene rings is 2. The second kappa shape index (κ2) is 8.84. The molecule has 31 heavy (non-hydrogen) atoms. The van der Waals surface area contributed by atoms with Gasteiger partial charge in [-0.2, -0.15) is 13.2 Å². The highest BCUT2D eigenvalue weighted by Crippen LogP contribution is 2.35. The fourth-order valence-electron chi connectivity index (χ4n) is 3.37. The molecule has 162 valence electrons. The lowest BCUT2D eigenvalue weighted by Gasteiger charge is -2.12. The molecule has 1 saturated heterocycles. The van der Waals surface area contributed by atoms with Crippen molar-refractivity contribution >= 4 is 38.5 Å². The molecule has 0 saturated carbocycles. The summed E-state index contributed by atoms with van der Waals surface area (Å²) in [6, 6.07) is 11.6. The normalized spacial score (nSPS) is 17.3. The molecule has 0 aliphatic carbocycles. The van der Waals surface area contributed by atoms with Crippen molar-refractivity contribution < 1.29 is 27.1 Å². The van der Waals surface area contributed by atoms with Crippen molar-refractivity contribution in [3.05, 3.63) is 69.7 Å². The second-order valence-electron chi connectivity index (χ2n) is 7.12. The van der Waals surface area contributed by atoms with Crippen LogP contribution in [0.4, 0.5) is 18.9 Å². The molecule has 1 aliphatic heterocycles. The van der Waals surface area contributed by atoms with Gasteiger partial charge in [0, 0.05) is 23.0 Å². The number of alkyl halides is 3. The van der Waals surface area contributed by atoms with Crippen LogP contribution in [0.5, 0.6) is 0 Å². The Morgan fingerprint density at radius 2 is 2.00 bits per heavy atom. The van der Waals surface area contributed by atoms with Crippen LogP contribution in [-0.2, 0) is 10.9 Å². The van der Waals surface area contributed by atoms with Crippen LogP contribution in [0.25, 0.3) is 11.0 Å². The predicted molar refractivity (Wildman–Crippen MR) is 112 cm³/mol. The summed E-state index contributed by atoms with van der Waals surface area (Å²) in [5, 5.41) is 3.38. The molecule has 1 N–H and O–H groups in total. The van der Waals surface area contributed by atoms with Crippen molar-refractivity contribution in [1.82, 2.24) is 5.32 Å². The Morgan fingerprint density at radius 1 is 1.19 bits per heavy atom. The first-order valence-electron chi connectivity index (χ1n) is 9.65. The van der Waals surface area contributed by atoms with E-state index in [-0.39, 0.29) is 22.9 Å². The first kappa shape index (κ1) is 21.6. The number of ether oxygens (including phenoxy) is 1. The first-order chi connectivity index (χ1) is 14.8. The number of para-hydroxylation sites is 1. The van der Waals surface area contributed by atoms with Crippen molar-refractivity contribution in [3.63, 3.8) is 0 Å². The van der Waals surface area contributed by atoms with E-state index in [1.807, 2.05) is 0 Å². The molecule has 1 fully saturated rings. The number of rotatable bonds is 4. The van der Waals surface area contributed by atoms with E-state index in [1.54, 1.807) is 24.3 Å². The highest BCUT2D eigenvalue weighted by Gasteiger charge is 2.33. The Balaban J connectivity index is 1.81. The zero-order valence-corrected chi connectivity index (χ0v) is 17.8. The topological polar surface area (TPSA) is 63.8 Å². The lowest BCUT2D eigenvalue weighted by molar-refractivity contribution is -0.137. The number of carbonyl (C=O) groups is 1. The largest absolute Gasteiger partial charge is 0.438 e. The van der Waals surface area contributed by atoms with Gasteiger partial charge in [0.2, 0.25) is 5.55 Å². The number of hydrogen-bond donors (Lipinski definition) is 1. The quantitative estimate of drug-likeness (QED) is 0.531. The zero-order chi connectivity index (χ0) is 22.0. The third-order valence-corrected chi connectivity index (χ3v) is 5.39. The van der Waals surface area contributed by atoms with Crippen LogP contribution in [-0.4, -0.2) is 25.2 Å². The summed E-state index contributed by atoms with van der Waals surface area (Å²) in [6.07, 6.45) is -2.91. The van der Waals surface area contributed by atoms with Crippen molar-refractivity contribution in [2.75, 3.05) is 13.2 Å². The minimum atomic E-state index is -4.59. The summed E-state index contributed by atoms with van der Waals surface area (Å²) < 4.78 is 52.3. The molecule has 1 amide bonds. The highest BCUT2D eigenvalue weighted by atomic mass is 79.9. The molecule has 0 radical (unpaired) electrons. The molecule has 2 heterocycles. The number of fused-ring (bicyclic) bond motifs is 1. The lowest BCUT2D eigenvalue weighted by atomic mass is 10.1. The van der Waals surface area contributed by atoms with E-state index in [0.717, 1.165) is 23.4 Å². The zero-order valence-electron chi connectivity index (χ0n) is 16.2. The van der Waals surface area contributed by atoms with Crippen LogP contribution in [0.2, 0.25) is 0 Å². The number of nitrogens with one attached hydrogen (secondary N) is 1. The summed E-state index contributed by atoms with van der Waals surface area (Å²) >= 11 is 3.37. The highest BCUT2D eigenvalue weighted by molar-refractivity contribution is 9.10. The van der Waals surface area contributed by atoms with Gasteiger partial charge in [-0.05, 0) is 49.2 Å². The van der Waals surface area contributed by atoms with E-state index in [9.17, 15) is 18.0 Å². The third-order valence-electron chi connectivity index (χ3n) is 4.90. The van der Waals surface area contributed by atoms with Crippen LogP contribution in [0, 0.1) is 0 Å². The van der Waals surface area contributed by atoms with Gasteiger partial charge in [-0.3, -0.25) is 4.79 Å². The summed E-state index contributed by atoms with van der Waals surface area (Å²) in [5.41, 5.74) is -1.01. The molecule has 5 nitrogen and oxygen atoms in total. The Hall–Kier alpha value is -2.65. The van der Waals surface area contributed by atoms with Crippen molar-refractivity contribution in [3.8, 4) is 0 Å². The minimum Gasteiger partial charge on any atom is -0.438 e. The summed E-state index contributed by atoms with van der Waals surface area (Å²) in [5.74, 6) is -0.496. The molecular formula is C22H18BrF3N2O3. The predicted octanol–water partition coefficient (Wildman–Crippen LogP) is 5.36. The fourth-order valence-corrected chi connectivity index (χ4v) is 3.75. The van der Waals surface area contributed by atoms with Crippen molar-refractivity contribution in [1.29, 1.82) is 0 Å². The monoisotopic (exact) mass is 494 g/mol. The number of carbonyl (C=O) groups excluding carboxylic acids is 1. The molecule has 4 rings (SSSR count). The summed E-state index contributed by atoms with van der Waals surface area (Å²) in [7, 11) is 0. The van der Waals surface area contributed by atoms with Crippen molar-refractivity contribution in [2.45, 2.75) is 25.1 Å². The SMILES string of the molecule is O=C(NCC1CCCO1)c1cc2cc(Br)ccc2oc1=Nc1ccccc1C(F)(F)F. The number of nitrogens with zero attached hydrogens (tertiary/aromatic N) is 1. The van der Waals surface area contributed by atoms with Gasteiger partial charge in [-0.25, -0.2) is 4.99 Å². The van der Waals surface area contributed by atoms with Gasteiger partial charge in [-0.1, -0.05) is 28.1 Å². The molecule has 1 aliphatic rings. The van der Waals surface area contributed by atoms with Gasteiger partial charge in [0.1, 0.15) is 11.1 Å². The maximum atomic E-state index is 13.4. The van der Waals surface area contributed by atoms with E-state index >= 15 is 0 Å². The minimum absolute atomic E-state index is 0.0422. The molecule has 0 bridgehead atoms. The molecule has 3 aromatic rings. The lowest BCUT2D eigenvalue weighted by Crippen LogP contribution is -2.34. The van der Waals surface area contributed by atoms with Crippen LogP contribution < -0.4 is 10.9 Å². The van der Waals surface area contributed by atoms with E-state index in [0.29, 0.717) is 24.1 Å².